The highest BCUT2D eigenvalue weighted by Gasteiger charge is 2.31. The number of aryl methyl sites for hydroxylation is 1. The van der Waals surface area contributed by atoms with E-state index >= 15 is 0 Å². The Morgan fingerprint density at radius 2 is 2.29 bits per heavy atom. The molecule has 1 aromatic carbocycles. The minimum absolute atomic E-state index is 0.000173. The van der Waals surface area contributed by atoms with Crippen molar-refractivity contribution in [3.8, 4) is 17.0 Å². The number of piperidine rings is 1. The first-order valence-corrected chi connectivity index (χ1v) is 10.5. The van der Waals surface area contributed by atoms with Crippen molar-refractivity contribution in [1.82, 2.24) is 34.5 Å². The van der Waals surface area contributed by atoms with Crippen molar-refractivity contribution in [2.24, 2.45) is 0 Å². The van der Waals surface area contributed by atoms with Gasteiger partial charge in [-0.05, 0) is 30.2 Å². The SMILES string of the molecule is [2H]C([2H])([2H])Oc1nc(N[C@H]2CCN(C(=O)C([2H])([2H])[2H])C[C@H]2F)nn2ccc(-c3ccc4nnn(CCF)c4c3)c12. The number of aromatic nitrogens is 6. The molecule has 0 unspecified atom stereocenters. The maximum absolute atomic E-state index is 15.0. The molecule has 0 saturated carbocycles. The monoisotopic (exact) mass is 476 g/mol. The molecular formula is C22H24F2N8O2. The number of hydrogen-bond acceptors (Lipinski definition) is 7. The number of alkyl halides is 2. The first-order valence-electron chi connectivity index (χ1n) is 13.5. The third-order valence-corrected chi connectivity index (χ3v) is 5.84. The molecule has 1 amide bonds. The van der Waals surface area contributed by atoms with Gasteiger partial charge in [0.25, 0.3) is 0 Å². The Labute approximate surface area is 201 Å². The van der Waals surface area contributed by atoms with Crippen molar-refractivity contribution in [2.75, 3.05) is 32.1 Å². The Morgan fingerprint density at radius 3 is 3.09 bits per heavy atom. The number of rotatable bonds is 6. The van der Waals surface area contributed by atoms with Gasteiger partial charge in [0.1, 0.15) is 23.9 Å². The third kappa shape index (κ3) is 3.88. The fraction of sp³-hybridized carbons (Fsp3) is 0.409. The van der Waals surface area contributed by atoms with Crippen molar-refractivity contribution in [3.63, 3.8) is 0 Å². The first-order chi connectivity index (χ1) is 18.8. The van der Waals surface area contributed by atoms with E-state index in [0.29, 0.717) is 22.2 Å². The summed E-state index contributed by atoms with van der Waals surface area (Å²) in [7, 11) is -2.87. The molecule has 34 heavy (non-hydrogen) atoms. The largest absolute Gasteiger partial charge is 0.479 e. The minimum atomic E-state index is -2.87. The average molecular weight is 477 g/mol. The lowest BCUT2D eigenvalue weighted by molar-refractivity contribution is -0.131. The van der Waals surface area contributed by atoms with E-state index in [-0.39, 0.29) is 36.9 Å². The van der Waals surface area contributed by atoms with Gasteiger partial charge in [0.05, 0.1) is 35.8 Å². The van der Waals surface area contributed by atoms with Crippen molar-refractivity contribution in [2.45, 2.75) is 32.0 Å². The lowest BCUT2D eigenvalue weighted by Gasteiger charge is -2.34. The highest BCUT2D eigenvalue weighted by atomic mass is 19.1. The molecule has 3 aromatic heterocycles. The Hall–Kier alpha value is -3.83. The Kier molecular flexibility index (Phi) is 4.14. The lowest BCUT2D eigenvalue weighted by Crippen LogP contribution is -2.49. The predicted octanol–water partition coefficient (Wildman–Crippen LogP) is 2.49. The third-order valence-electron chi connectivity index (χ3n) is 5.84. The van der Waals surface area contributed by atoms with Gasteiger partial charge in [-0.1, -0.05) is 11.3 Å². The zero-order chi connectivity index (χ0) is 28.8. The molecule has 4 heterocycles. The van der Waals surface area contributed by atoms with Crippen LogP contribution >= 0.6 is 0 Å². The first kappa shape index (κ1) is 15.9. The van der Waals surface area contributed by atoms with E-state index in [2.05, 4.69) is 25.7 Å². The summed E-state index contributed by atoms with van der Waals surface area (Å²) in [6, 6.07) is 5.95. The van der Waals surface area contributed by atoms with Gasteiger partial charge in [0.2, 0.25) is 17.7 Å². The number of hydrogen-bond donors (Lipinski definition) is 1. The minimum Gasteiger partial charge on any atom is -0.479 e. The van der Waals surface area contributed by atoms with Gasteiger partial charge in [0, 0.05) is 29.3 Å². The number of ether oxygens (including phenoxy) is 1. The molecule has 0 spiro atoms. The summed E-state index contributed by atoms with van der Waals surface area (Å²) >= 11 is 0. The second kappa shape index (κ2) is 8.84. The van der Waals surface area contributed by atoms with Crippen LogP contribution < -0.4 is 10.1 Å². The molecule has 10 nitrogen and oxygen atoms in total. The van der Waals surface area contributed by atoms with Crippen LogP contribution in [0.3, 0.4) is 0 Å². The number of carbonyl (C=O) groups excluding carboxylic acids is 1. The van der Waals surface area contributed by atoms with Crippen LogP contribution in [0.25, 0.3) is 27.7 Å². The van der Waals surface area contributed by atoms with Gasteiger partial charge in [-0.25, -0.2) is 18.0 Å². The highest BCUT2D eigenvalue weighted by molar-refractivity contribution is 5.89. The number of likely N-dealkylation sites (tertiary alicyclic amines) is 1. The topological polar surface area (TPSA) is 102 Å². The molecule has 178 valence electrons. The van der Waals surface area contributed by atoms with Crippen LogP contribution in [-0.2, 0) is 11.3 Å². The maximum Gasteiger partial charge on any atom is 0.244 e. The van der Waals surface area contributed by atoms with Crippen LogP contribution in [0.2, 0.25) is 0 Å². The number of amides is 1. The van der Waals surface area contributed by atoms with E-state index in [9.17, 15) is 13.6 Å². The van der Waals surface area contributed by atoms with E-state index in [4.69, 9.17) is 13.0 Å². The molecule has 1 saturated heterocycles. The molecule has 0 bridgehead atoms. The molecule has 0 aliphatic carbocycles. The number of methoxy groups -OCH3 is 1. The van der Waals surface area contributed by atoms with E-state index in [1.165, 1.54) is 9.20 Å². The summed E-state index contributed by atoms with van der Waals surface area (Å²) in [5.41, 5.74) is 2.48. The molecule has 12 heteroatoms. The number of nitrogens with one attached hydrogen (secondary N) is 1. The summed E-state index contributed by atoms with van der Waals surface area (Å²) in [5.74, 6) is -1.54. The molecule has 0 radical (unpaired) electrons. The number of carbonyl (C=O) groups is 1. The second-order valence-corrected chi connectivity index (χ2v) is 7.88. The zero-order valence-corrected chi connectivity index (χ0v) is 17.8. The number of fused-ring (bicyclic) bond motifs is 2. The summed E-state index contributed by atoms with van der Waals surface area (Å²) in [4.78, 5) is 17.2. The quantitative estimate of drug-likeness (QED) is 0.456. The van der Waals surface area contributed by atoms with E-state index < -0.39 is 45.2 Å². The van der Waals surface area contributed by atoms with Crippen molar-refractivity contribution in [1.29, 1.82) is 0 Å². The molecule has 1 aliphatic heterocycles. The van der Waals surface area contributed by atoms with Gasteiger partial charge < -0.3 is 15.0 Å². The van der Waals surface area contributed by atoms with Gasteiger partial charge >= 0.3 is 0 Å². The summed E-state index contributed by atoms with van der Waals surface area (Å²) in [6.07, 6.45) is -0.0197. The lowest BCUT2D eigenvalue weighted by atomic mass is 10.0. The molecule has 5 rings (SSSR count). The smallest absolute Gasteiger partial charge is 0.244 e. The van der Waals surface area contributed by atoms with Crippen LogP contribution in [0.1, 0.15) is 21.5 Å². The number of nitrogens with zero attached hydrogens (tertiary/aromatic N) is 7. The number of anilines is 1. The second-order valence-electron chi connectivity index (χ2n) is 7.88. The fourth-order valence-corrected chi connectivity index (χ4v) is 4.15. The summed E-state index contributed by atoms with van der Waals surface area (Å²) in [6.45, 7) is -3.91. The molecule has 1 aliphatic rings. The maximum atomic E-state index is 15.0. The predicted molar refractivity (Wildman–Crippen MR) is 121 cm³/mol. The standard InChI is InChI=1S/C22H24F2N8O2/c1-13(33)30-8-6-17(16(24)12-30)25-22-26-21(34-2)20-15(5-9-32(20)28-22)14-3-4-18-19(11-14)31(10-7-23)29-27-18/h3-5,9,11,16-17H,6-8,10,12H2,1-2H3,(H,25,28)/t16-,17+/m1/s1/i1D3,2D3. The van der Waals surface area contributed by atoms with Crippen molar-refractivity contribution >= 4 is 28.4 Å². The Balaban J connectivity index is 1.47. The van der Waals surface area contributed by atoms with Gasteiger partial charge in [0.15, 0.2) is 0 Å². The van der Waals surface area contributed by atoms with Crippen LogP contribution in [0.15, 0.2) is 30.5 Å². The van der Waals surface area contributed by atoms with E-state index in [1.807, 2.05) is 0 Å². The average Bonchev–Trinajstić information content (AvgIpc) is 3.48. The molecule has 1 N–H and O–H groups in total. The fourth-order valence-electron chi connectivity index (χ4n) is 4.15. The zero-order valence-electron chi connectivity index (χ0n) is 23.8. The molecular weight excluding hydrogens is 446 g/mol. The summed E-state index contributed by atoms with van der Waals surface area (Å²) < 4.78 is 80.6. The highest BCUT2D eigenvalue weighted by Crippen LogP contribution is 2.33. The molecule has 1 fully saturated rings. The number of benzene rings is 1. The van der Waals surface area contributed by atoms with Crippen LogP contribution in [0, 0.1) is 0 Å². The van der Waals surface area contributed by atoms with Crippen LogP contribution in [0.5, 0.6) is 5.88 Å². The van der Waals surface area contributed by atoms with Crippen molar-refractivity contribution in [3.05, 3.63) is 30.5 Å². The van der Waals surface area contributed by atoms with Gasteiger partial charge in [-0.2, -0.15) is 4.98 Å². The summed E-state index contributed by atoms with van der Waals surface area (Å²) in [5, 5.41) is 15.1. The van der Waals surface area contributed by atoms with E-state index in [1.54, 1.807) is 30.5 Å². The van der Waals surface area contributed by atoms with Crippen molar-refractivity contribution < 1.29 is 26.5 Å². The normalized spacial score (nSPS) is 21.9. The molecule has 2 atom stereocenters. The van der Waals surface area contributed by atoms with Crippen LogP contribution in [-0.4, -0.2) is 79.4 Å². The number of halogens is 2. The van der Waals surface area contributed by atoms with Crippen LogP contribution in [0.4, 0.5) is 14.7 Å². The Bertz CT molecular complexity index is 1560. The van der Waals surface area contributed by atoms with Gasteiger partial charge in [-0.15, -0.1) is 10.2 Å². The van der Waals surface area contributed by atoms with E-state index in [0.717, 1.165) is 4.90 Å². The van der Waals surface area contributed by atoms with Gasteiger partial charge in [-0.3, -0.25) is 4.79 Å². The molecule has 4 aromatic rings. The Morgan fingerprint density at radius 1 is 1.38 bits per heavy atom.